The van der Waals surface area contributed by atoms with Crippen LogP contribution < -0.4 is 4.74 Å². The van der Waals surface area contributed by atoms with Crippen LogP contribution in [0.1, 0.15) is 32.1 Å². The van der Waals surface area contributed by atoms with E-state index in [1.165, 1.54) is 19.2 Å². The number of aryl methyl sites for hydroxylation is 2. The Morgan fingerprint density at radius 1 is 1.30 bits per heavy atom. The van der Waals surface area contributed by atoms with Crippen molar-refractivity contribution >= 4 is 11.8 Å². The summed E-state index contributed by atoms with van der Waals surface area (Å²) in [5.41, 5.74) is 1.62. The Hall–Kier alpha value is -2.70. The van der Waals surface area contributed by atoms with Crippen LogP contribution in [0.5, 0.6) is 5.75 Å². The van der Waals surface area contributed by atoms with Gasteiger partial charge in [-0.15, -0.1) is 0 Å². The first-order valence-corrected chi connectivity index (χ1v) is 6.89. The Labute approximate surface area is 132 Å². The maximum absolute atomic E-state index is 13.6. The summed E-state index contributed by atoms with van der Waals surface area (Å²) in [6.07, 6.45) is 0. The molecule has 0 radical (unpaired) electrons. The Balaban J connectivity index is 2.07. The van der Waals surface area contributed by atoms with E-state index in [4.69, 9.17) is 9.47 Å². The average Bonchev–Trinajstić information content (AvgIpc) is 2.77. The molecule has 23 heavy (non-hydrogen) atoms. The number of rotatable bonds is 5. The van der Waals surface area contributed by atoms with Gasteiger partial charge in [-0.3, -0.25) is 9.48 Å². The molecule has 0 N–H and O–H groups in total. The Kier molecular flexibility index (Phi) is 4.78. The van der Waals surface area contributed by atoms with Crippen LogP contribution in [0.2, 0.25) is 0 Å². The molecule has 7 heteroatoms. The van der Waals surface area contributed by atoms with Crippen molar-refractivity contribution in [2.75, 3.05) is 13.7 Å². The number of aromatic nitrogens is 2. The third-order valence-corrected chi connectivity index (χ3v) is 3.52. The Morgan fingerprint density at radius 3 is 2.52 bits per heavy atom. The zero-order chi connectivity index (χ0) is 17.1. The predicted molar refractivity (Wildman–Crippen MR) is 80.2 cm³/mol. The molecule has 0 saturated heterocycles. The highest BCUT2D eigenvalue weighted by molar-refractivity contribution is 5.99. The summed E-state index contributed by atoms with van der Waals surface area (Å²) in [6, 6.07) is 3.81. The van der Waals surface area contributed by atoms with E-state index >= 15 is 0 Å². The summed E-state index contributed by atoms with van der Waals surface area (Å²) in [5.74, 6) is -1.74. The number of methoxy groups -OCH3 is 1. The number of ether oxygens (including phenoxy) is 2. The van der Waals surface area contributed by atoms with Gasteiger partial charge < -0.3 is 9.47 Å². The molecule has 2 aromatic rings. The fourth-order valence-corrected chi connectivity index (χ4v) is 2.20. The number of halogens is 1. The normalized spacial score (nSPS) is 10.5. The fourth-order valence-electron chi connectivity index (χ4n) is 2.20. The zero-order valence-electron chi connectivity index (χ0n) is 13.3. The van der Waals surface area contributed by atoms with Crippen molar-refractivity contribution in [1.29, 1.82) is 0 Å². The van der Waals surface area contributed by atoms with Gasteiger partial charge in [-0.2, -0.15) is 5.10 Å². The summed E-state index contributed by atoms with van der Waals surface area (Å²) in [6.45, 7) is 2.94. The predicted octanol–water partition coefficient (Wildman–Crippen LogP) is 2.22. The number of carbonyl (C=O) groups is 2. The van der Waals surface area contributed by atoms with E-state index in [2.05, 4.69) is 5.10 Å². The van der Waals surface area contributed by atoms with E-state index < -0.39 is 24.2 Å². The lowest BCUT2D eigenvalue weighted by molar-refractivity contribution is 0.0473. The van der Waals surface area contributed by atoms with Gasteiger partial charge in [0.2, 0.25) is 0 Å². The second-order valence-corrected chi connectivity index (χ2v) is 5.02. The summed E-state index contributed by atoms with van der Waals surface area (Å²) in [7, 11) is 3.05. The van der Waals surface area contributed by atoms with Crippen molar-refractivity contribution < 1.29 is 23.5 Å². The van der Waals surface area contributed by atoms with Crippen LogP contribution in [0, 0.1) is 19.7 Å². The molecule has 0 aliphatic carbocycles. The monoisotopic (exact) mass is 320 g/mol. The number of esters is 1. The third kappa shape index (κ3) is 3.39. The van der Waals surface area contributed by atoms with Crippen molar-refractivity contribution in [3.63, 3.8) is 0 Å². The van der Waals surface area contributed by atoms with Crippen LogP contribution in [0.25, 0.3) is 0 Å². The van der Waals surface area contributed by atoms with Crippen molar-refractivity contribution in [3.8, 4) is 5.75 Å². The Morgan fingerprint density at radius 2 is 2.00 bits per heavy atom. The number of Topliss-reactive ketones (excluding diaryl/α,β-unsaturated/α-hetero) is 1. The summed E-state index contributed by atoms with van der Waals surface area (Å²) in [4.78, 5) is 24.1. The van der Waals surface area contributed by atoms with Crippen molar-refractivity contribution in [2.24, 2.45) is 7.05 Å². The molecule has 0 fully saturated rings. The molecular weight excluding hydrogens is 303 g/mol. The van der Waals surface area contributed by atoms with E-state index in [1.54, 1.807) is 25.6 Å². The standard InChI is InChI=1S/C16H17FN2O4/c1-9-15(10(2)19(3)18-9)16(21)23-8-13(20)11-5-6-14(22-4)12(17)7-11/h5-7H,8H2,1-4H3. The molecule has 6 nitrogen and oxygen atoms in total. The maximum Gasteiger partial charge on any atom is 0.342 e. The first-order chi connectivity index (χ1) is 10.8. The quantitative estimate of drug-likeness (QED) is 0.624. The third-order valence-electron chi connectivity index (χ3n) is 3.52. The van der Waals surface area contributed by atoms with Crippen LogP contribution in [-0.2, 0) is 11.8 Å². The lowest BCUT2D eigenvalue weighted by Gasteiger charge is -2.06. The number of hydrogen-bond acceptors (Lipinski definition) is 5. The summed E-state index contributed by atoms with van der Waals surface area (Å²) >= 11 is 0. The molecule has 0 unspecified atom stereocenters. The highest BCUT2D eigenvalue weighted by Crippen LogP contribution is 2.18. The molecule has 0 atom stereocenters. The number of ketones is 1. The molecule has 1 heterocycles. The second kappa shape index (κ2) is 6.60. The van der Waals surface area contributed by atoms with E-state index in [0.29, 0.717) is 17.0 Å². The maximum atomic E-state index is 13.6. The van der Waals surface area contributed by atoms with Gasteiger partial charge in [0.05, 0.1) is 12.8 Å². The molecule has 0 saturated carbocycles. The SMILES string of the molecule is COc1ccc(C(=O)COC(=O)c2c(C)nn(C)c2C)cc1F. The van der Waals surface area contributed by atoms with Crippen LogP contribution in [0.4, 0.5) is 4.39 Å². The molecule has 1 aromatic heterocycles. The highest BCUT2D eigenvalue weighted by Gasteiger charge is 2.20. The summed E-state index contributed by atoms with van der Waals surface area (Å²) < 4.78 is 25.0. The van der Waals surface area contributed by atoms with Crippen molar-refractivity contribution in [2.45, 2.75) is 13.8 Å². The van der Waals surface area contributed by atoms with Gasteiger partial charge in [-0.25, -0.2) is 9.18 Å². The molecule has 2 rings (SSSR count). The van der Waals surface area contributed by atoms with Gasteiger partial charge in [-0.1, -0.05) is 0 Å². The van der Waals surface area contributed by atoms with Crippen LogP contribution in [0.3, 0.4) is 0 Å². The number of benzene rings is 1. The average molecular weight is 320 g/mol. The van der Waals surface area contributed by atoms with Gasteiger partial charge in [0.1, 0.15) is 5.56 Å². The summed E-state index contributed by atoms with van der Waals surface area (Å²) in [5, 5.41) is 4.12. The minimum absolute atomic E-state index is 0.0418. The van der Waals surface area contributed by atoms with Gasteiger partial charge in [0.25, 0.3) is 0 Å². The minimum Gasteiger partial charge on any atom is -0.494 e. The topological polar surface area (TPSA) is 70.4 Å². The molecule has 0 aliphatic rings. The second-order valence-electron chi connectivity index (χ2n) is 5.02. The lowest BCUT2D eigenvalue weighted by Crippen LogP contribution is -2.15. The van der Waals surface area contributed by atoms with Crippen LogP contribution >= 0.6 is 0 Å². The molecular formula is C16H17FN2O4. The fraction of sp³-hybridized carbons (Fsp3) is 0.312. The number of carbonyl (C=O) groups excluding carboxylic acids is 2. The van der Waals surface area contributed by atoms with Gasteiger partial charge in [-0.05, 0) is 32.0 Å². The van der Waals surface area contributed by atoms with E-state index in [1.807, 2.05) is 0 Å². The molecule has 0 spiro atoms. The molecule has 1 aromatic carbocycles. The van der Waals surface area contributed by atoms with Crippen molar-refractivity contribution in [1.82, 2.24) is 9.78 Å². The van der Waals surface area contributed by atoms with Crippen molar-refractivity contribution in [3.05, 3.63) is 46.5 Å². The van der Waals surface area contributed by atoms with E-state index in [0.717, 1.165) is 6.07 Å². The van der Waals surface area contributed by atoms with Crippen LogP contribution in [-0.4, -0.2) is 35.2 Å². The molecule has 0 bridgehead atoms. The molecule has 122 valence electrons. The van der Waals surface area contributed by atoms with E-state index in [-0.39, 0.29) is 11.3 Å². The largest absolute Gasteiger partial charge is 0.494 e. The molecule has 0 aliphatic heterocycles. The number of nitrogens with zero attached hydrogens (tertiary/aromatic N) is 2. The first-order valence-electron chi connectivity index (χ1n) is 6.89. The first kappa shape index (κ1) is 16.7. The smallest absolute Gasteiger partial charge is 0.342 e. The van der Waals surface area contributed by atoms with Crippen LogP contribution in [0.15, 0.2) is 18.2 Å². The Bertz CT molecular complexity index is 768. The van der Waals surface area contributed by atoms with Gasteiger partial charge in [0.15, 0.2) is 24.0 Å². The van der Waals surface area contributed by atoms with E-state index in [9.17, 15) is 14.0 Å². The van der Waals surface area contributed by atoms with Gasteiger partial charge in [0, 0.05) is 18.3 Å². The molecule has 0 amide bonds. The minimum atomic E-state index is -0.649. The highest BCUT2D eigenvalue weighted by atomic mass is 19.1. The lowest BCUT2D eigenvalue weighted by atomic mass is 10.1. The zero-order valence-corrected chi connectivity index (χ0v) is 13.3. The number of hydrogen-bond donors (Lipinski definition) is 0. The van der Waals surface area contributed by atoms with Gasteiger partial charge >= 0.3 is 5.97 Å².